The molecule has 108 valence electrons. The summed E-state index contributed by atoms with van der Waals surface area (Å²) in [5.74, 6) is 0.947. The summed E-state index contributed by atoms with van der Waals surface area (Å²) < 4.78 is 1.70. The highest BCUT2D eigenvalue weighted by molar-refractivity contribution is 6.39. The second-order valence-corrected chi connectivity index (χ2v) is 5.69. The van der Waals surface area contributed by atoms with E-state index in [0.717, 1.165) is 29.7 Å². The first-order valence-corrected chi connectivity index (χ1v) is 7.53. The fourth-order valence-electron chi connectivity index (χ4n) is 2.51. The average Bonchev–Trinajstić information content (AvgIpc) is 2.69. The van der Waals surface area contributed by atoms with E-state index < -0.39 is 0 Å². The second kappa shape index (κ2) is 6.06. The quantitative estimate of drug-likeness (QED) is 0.874. The third-order valence-electron chi connectivity index (χ3n) is 3.70. The zero-order valence-electron chi connectivity index (χ0n) is 12.0. The summed E-state index contributed by atoms with van der Waals surface area (Å²) >= 11 is 12.7. The van der Waals surface area contributed by atoms with Crippen LogP contribution in [0.1, 0.15) is 38.3 Å². The van der Waals surface area contributed by atoms with E-state index in [1.807, 2.05) is 25.2 Å². The van der Waals surface area contributed by atoms with E-state index in [2.05, 4.69) is 18.9 Å². The number of nitrogen functional groups attached to an aromatic ring is 1. The second-order valence-electron chi connectivity index (χ2n) is 4.88. The molecule has 0 unspecified atom stereocenters. The predicted molar refractivity (Wildman–Crippen MR) is 86.4 cm³/mol. The third-order valence-corrected chi connectivity index (χ3v) is 4.33. The Morgan fingerprint density at radius 2 is 1.70 bits per heavy atom. The minimum atomic E-state index is 0.348. The molecular weight excluding hydrogens is 293 g/mol. The van der Waals surface area contributed by atoms with E-state index in [4.69, 9.17) is 28.9 Å². The number of aryl methyl sites for hydroxylation is 1. The molecule has 0 aliphatic carbocycles. The van der Waals surface area contributed by atoms with Crippen molar-refractivity contribution in [3.63, 3.8) is 0 Å². The number of aromatic nitrogens is 2. The van der Waals surface area contributed by atoms with Gasteiger partial charge in [0.2, 0.25) is 0 Å². The number of anilines is 1. The highest BCUT2D eigenvalue weighted by atomic mass is 35.5. The van der Waals surface area contributed by atoms with Gasteiger partial charge in [-0.1, -0.05) is 43.1 Å². The molecule has 0 saturated heterocycles. The van der Waals surface area contributed by atoms with Crippen molar-refractivity contribution in [1.29, 1.82) is 0 Å². The summed E-state index contributed by atoms with van der Waals surface area (Å²) in [5.41, 5.74) is 8.83. The van der Waals surface area contributed by atoms with Gasteiger partial charge in [0.1, 0.15) is 5.82 Å². The number of hydrogen-bond acceptors (Lipinski definition) is 2. The Hall–Kier alpha value is -1.19. The Bertz CT molecular complexity index is 596. The van der Waals surface area contributed by atoms with E-state index in [1.165, 1.54) is 0 Å². The van der Waals surface area contributed by atoms with Crippen molar-refractivity contribution in [2.24, 2.45) is 7.05 Å². The molecule has 0 atom stereocenters. The summed E-state index contributed by atoms with van der Waals surface area (Å²) in [6.07, 6.45) is 2.00. The van der Waals surface area contributed by atoms with Crippen LogP contribution in [0.25, 0.3) is 11.1 Å². The van der Waals surface area contributed by atoms with Gasteiger partial charge in [-0.05, 0) is 25.0 Å². The summed E-state index contributed by atoms with van der Waals surface area (Å²) in [7, 11) is 1.84. The van der Waals surface area contributed by atoms with Gasteiger partial charge in [-0.15, -0.1) is 0 Å². The highest BCUT2D eigenvalue weighted by Crippen LogP contribution is 2.42. The third kappa shape index (κ3) is 2.52. The molecule has 0 spiro atoms. The summed E-state index contributed by atoms with van der Waals surface area (Å²) in [6.45, 7) is 4.30. The van der Waals surface area contributed by atoms with Gasteiger partial charge in [0, 0.05) is 18.5 Å². The largest absolute Gasteiger partial charge is 0.383 e. The van der Waals surface area contributed by atoms with Crippen LogP contribution in [0, 0.1) is 0 Å². The lowest BCUT2D eigenvalue weighted by molar-refractivity contribution is 0.606. The Labute approximate surface area is 129 Å². The first-order chi connectivity index (χ1) is 9.51. The molecule has 5 heteroatoms. The van der Waals surface area contributed by atoms with E-state index >= 15 is 0 Å². The molecule has 20 heavy (non-hydrogen) atoms. The molecule has 1 aromatic heterocycles. The Morgan fingerprint density at radius 3 is 2.20 bits per heavy atom. The van der Waals surface area contributed by atoms with Crippen molar-refractivity contribution in [2.75, 3.05) is 5.73 Å². The first kappa shape index (κ1) is 15.2. The molecule has 2 aromatic rings. The normalized spacial score (nSPS) is 11.3. The molecule has 2 rings (SSSR count). The summed E-state index contributed by atoms with van der Waals surface area (Å²) in [6, 6.07) is 5.48. The van der Waals surface area contributed by atoms with Gasteiger partial charge in [-0.3, -0.25) is 4.68 Å². The van der Waals surface area contributed by atoms with Crippen LogP contribution in [0.5, 0.6) is 0 Å². The lowest BCUT2D eigenvalue weighted by Crippen LogP contribution is -2.00. The van der Waals surface area contributed by atoms with Crippen molar-refractivity contribution in [3.05, 3.63) is 33.9 Å². The molecule has 0 radical (unpaired) electrons. The molecule has 0 fully saturated rings. The number of rotatable bonds is 4. The van der Waals surface area contributed by atoms with Gasteiger partial charge < -0.3 is 5.73 Å². The zero-order chi connectivity index (χ0) is 14.9. The number of nitrogens with two attached hydrogens (primary N) is 1. The van der Waals surface area contributed by atoms with Crippen molar-refractivity contribution >= 4 is 29.0 Å². The molecule has 1 aromatic carbocycles. The number of benzene rings is 1. The van der Waals surface area contributed by atoms with E-state index in [0.29, 0.717) is 21.8 Å². The molecule has 1 heterocycles. The zero-order valence-corrected chi connectivity index (χ0v) is 13.5. The number of nitrogens with zero attached hydrogens (tertiary/aromatic N) is 2. The van der Waals surface area contributed by atoms with Crippen LogP contribution >= 0.6 is 23.2 Å². The van der Waals surface area contributed by atoms with Crippen LogP contribution in [0.3, 0.4) is 0 Å². The number of hydrogen-bond donors (Lipinski definition) is 1. The minimum absolute atomic E-state index is 0.348. The monoisotopic (exact) mass is 311 g/mol. The topological polar surface area (TPSA) is 43.8 Å². The molecule has 0 amide bonds. The minimum Gasteiger partial charge on any atom is -0.383 e. The van der Waals surface area contributed by atoms with Gasteiger partial charge in [0.15, 0.2) is 0 Å². The summed E-state index contributed by atoms with van der Waals surface area (Å²) in [4.78, 5) is 0. The van der Waals surface area contributed by atoms with Crippen LogP contribution in [0.4, 0.5) is 5.82 Å². The Balaban J connectivity index is 2.73. The van der Waals surface area contributed by atoms with Crippen molar-refractivity contribution in [2.45, 2.75) is 32.6 Å². The van der Waals surface area contributed by atoms with Gasteiger partial charge in [0.25, 0.3) is 0 Å². The highest BCUT2D eigenvalue weighted by Gasteiger charge is 2.24. The molecule has 3 nitrogen and oxygen atoms in total. The average molecular weight is 312 g/mol. The van der Waals surface area contributed by atoms with Crippen molar-refractivity contribution in [3.8, 4) is 11.1 Å². The van der Waals surface area contributed by atoms with Crippen LogP contribution in [0.15, 0.2) is 18.2 Å². The maximum atomic E-state index is 6.33. The van der Waals surface area contributed by atoms with Crippen LogP contribution in [0.2, 0.25) is 10.0 Å². The molecule has 0 saturated carbocycles. The smallest absolute Gasteiger partial charge is 0.129 e. The fourth-order valence-corrected chi connectivity index (χ4v) is 3.10. The lowest BCUT2D eigenvalue weighted by atomic mass is 9.93. The van der Waals surface area contributed by atoms with E-state index in [-0.39, 0.29) is 0 Å². The van der Waals surface area contributed by atoms with E-state index in [1.54, 1.807) is 4.68 Å². The van der Waals surface area contributed by atoms with Crippen molar-refractivity contribution in [1.82, 2.24) is 9.78 Å². The molecular formula is C15H19Cl2N3. The lowest BCUT2D eigenvalue weighted by Gasteiger charge is -2.14. The maximum Gasteiger partial charge on any atom is 0.129 e. The predicted octanol–water partition coefficient (Wildman–Crippen LogP) is 4.88. The fraction of sp³-hybridized carbons (Fsp3) is 0.400. The van der Waals surface area contributed by atoms with Gasteiger partial charge >= 0.3 is 0 Å². The standard InChI is InChI=1S/C15H19Cl2N3/c1-4-9(5-2)14-13(15(18)20(3)19-14)12-10(16)7-6-8-11(12)17/h6-9H,4-5,18H2,1-3H3. The SMILES string of the molecule is CCC(CC)c1nn(C)c(N)c1-c1c(Cl)cccc1Cl. The first-order valence-electron chi connectivity index (χ1n) is 6.77. The number of halogens is 2. The van der Waals surface area contributed by atoms with E-state index in [9.17, 15) is 0 Å². The summed E-state index contributed by atoms with van der Waals surface area (Å²) in [5, 5.41) is 5.79. The van der Waals surface area contributed by atoms with Gasteiger partial charge in [-0.25, -0.2) is 0 Å². The molecule has 0 aliphatic rings. The molecule has 2 N–H and O–H groups in total. The van der Waals surface area contributed by atoms with Gasteiger partial charge in [0.05, 0.1) is 21.3 Å². The molecule has 0 bridgehead atoms. The molecule has 0 aliphatic heterocycles. The van der Waals surface area contributed by atoms with Gasteiger partial charge in [-0.2, -0.15) is 5.10 Å². The van der Waals surface area contributed by atoms with Crippen LogP contribution in [-0.2, 0) is 7.05 Å². The Kier molecular flexibility index (Phi) is 4.61. The van der Waals surface area contributed by atoms with Crippen LogP contribution < -0.4 is 5.73 Å². The maximum absolute atomic E-state index is 6.33. The van der Waals surface area contributed by atoms with Crippen molar-refractivity contribution < 1.29 is 0 Å². The Morgan fingerprint density at radius 1 is 1.15 bits per heavy atom. The van der Waals surface area contributed by atoms with Crippen LogP contribution in [-0.4, -0.2) is 9.78 Å².